The highest BCUT2D eigenvalue weighted by Crippen LogP contribution is 2.47. The second kappa shape index (κ2) is 6.86. The lowest BCUT2D eigenvalue weighted by Crippen LogP contribution is -2.66. The van der Waals surface area contributed by atoms with Crippen LogP contribution in [0.3, 0.4) is 0 Å². The van der Waals surface area contributed by atoms with Crippen molar-refractivity contribution in [2.24, 2.45) is 0 Å². The van der Waals surface area contributed by atoms with Crippen LogP contribution >= 0.6 is 12.6 Å². The van der Waals surface area contributed by atoms with Crippen LogP contribution in [-0.4, -0.2) is 30.6 Å². The monoisotopic (exact) mass is 385 g/mol. The number of hydrogen-bond donors (Lipinski definition) is 2. The van der Waals surface area contributed by atoms with Crippen molar-refractivity contribution in [1.29, 1.82) is 5.26 Å². The van der Waals surface area contributed by atoms with Crippen LogP contribution in [0.1, 0.15) is 38.2 Å². The zero-order chi connectivity index (χ0) is 19.1. The van der Waals surface area contributed by atoms with Gasteiger partial charge in [0.15, 0.2) is 5.79 Å². The first-order valence-corrected chi connectivity index (χ1v) is 9.81. The highest BCUT2D eigenvalue weighted by Gasteiger charge is 2.53. The van der Waals surface area contributed by atoms with Gasteiger partial charge in [0.25, 0.3) is 5.91 Å². The smallest absolute Gasteiger partial charge is 0.266 e. The van der Waals surface area contributed by atoms with Crippen LogP contribution in [0.25, 0.3) is 0 Å². The van der Waals surface area contributed by atoms with Gasteiger partial charge < -0.3 is 19.7 Å². The average molecular weight is 385 g/mol. The third kappa shape index (κ3) is 2.92. The van der Waals surface area contributed by atoms with Crippen molar-refractivity contribution in [2.75, 3.05) is 18.1 Å². The highest BCUT2D eigenvalue weighted by atomic mass is 32.1. The van der Waals surface area contributed by atoms with E-state index < -0.39 is 11.4 Å². The van der Waals surface area contributed by atoms with Crippen LogP contribution in [-0.2, 0) is 20.7 Å². The Morgan fingerprint density at radius 3 is 2.52 bits per heavy atom. The van der Waals surface area contributed by atoms with Gasteiger partial charge in [-0.25, -0.2) is 0 Å². The van der Waals surface area contributed by atoms with Gasteiger partial charge in [0.1, 0.15) is 17.3 Å². The summed E-state index contributed by atoms with van der Waals surface area (Å²) in [5, 5.41) is 13.0. The number of para-hydroxylation sites is 1. The largest absolute Gasteiger partial charge is 0.348 e. The molecule has 6 nitrogen and oxygen atoms in total. The molecule has 7 heteroatoms. The number of nitrogens with zero attached hydrogens (tertiary/aromatic N) is 2. The number of hydrogen-bond acceptors (Lipinski definition) is 6. The van der Waals surface area contributed by atoms with E-state index in [4.69, 9.17) is 9.47 Å². The molecule has 1 saturated heterocycles. The van der Waals surface area contributed by atoms with Crippen LogP contribution in [0.5, 0.6) is 0 Å². The van der Waals surface area contributed by atoms with Gasteiger partial charge in [-0.05, 0) is 30.9 Å². The summed E-state index contributed by atoms with van der Waals surface area (Å²) in [4.78, 5) is 14.7. The molecule has 0 radical (unpaired) electrons. The third-order valence-corrected chi connectivity index (χ3v) is 6.24. The van der Waals surface area contributed by atoms with Gasteiger partial charge in [-0.15, -0.1) is 12.6 Å². The Morgan fingerprint density at radius 1 is 1.22 bits per heavy atom. The molecule has 1 amide bonds. The fourth-order valence-electron chi connectivity index (χ4n) is 4.40. The zero-order valence-electron chi connectivity index (χ0n) is 15.3. The van der Waals surface area contributed by atoms with Gasteiger partial charge >= 0.3 is 0 Å². The molecule has 2 aliphatic heterocycles. The van der Waals surface area contributed by atoms with Gasteiger partial charge in [0.2, 0.25) is 0 Å². The Morgan fingerprint density at radius 2 is 1.89 bits per heavy atom. The molecule has 1 aromatic carbocycles. The Hall–Kier alpha value is -2.01. The van der Waals surface area contributed by atoms with E-state index in [2.05, 4.69) is 30.9 Å². The van der Waals surface area contributed by atoms with E-state index in [1.165, 1.54) is 0 Å². The molecule has 1 saturated carbocycles. The van der Waals surface area contributed by atoms with Crippen molar-refractivity contribution >= 4 is 24.2 Å². The maximum absolute atomic E-state index is 12.6. The van der Waals surface area contributed by atoms with Gasteiger partial charge in [-0.3, -0.25) is 4.79 Å². The van der Waals surface area contributed by atoms with Gasteiger partial charge in [0, 0.05) is 18.5 Å². The predicted molar refractivity (Wildman–Crippen MR) is 104 cm³/mol. The number of carbonyl (C=O) groups is 1. The molecule has 2 spiro atoms. The second-order valence-corrected chi connectivity index (χ2v) is 7.65. The van der Waals surface area contributed by atoms with Gasteiger partial charge in [0.05, 0.1) is 18.2 Å². The van der Waals surface area contributed by atoms with Crippen LogP contribution < -0.4 is 10.2 Å². The lowest BCUT2D eigenvalue weighted by Gasteiger charge is -2.53. The van der Waals surface area contributed by atoms with E-state index in [1.54, 1.807) is 0 Å². The molecule has 0 bridgehead atoms. The summed E-state index contributed by atoms with van der Waals surface area (Å²) >= 11 is 4.63. The van der Waals surface area contributed by atoms with E-state index >= 15 is 0 Å². The van der Waals surface area contributed by atoms with Crippen molar-refractivity contribution in [1.82, 2.24) is 5.32 Å². The molecule has 27 heavy (non-hydrogen) atoms. The third-order valence-electron chi connectivity index (χ3n) is 5.81. The van der Waals surface area contributed by atoms with E-state index in [0.29, 0.717) is 43.9 Å². The number of thiol groups is 1. The number of rotatable bonds is 2. The number of nitrogens with one attached hydrogen (secondary N) is 1. The summed E-state index contributed by atoms with van der Waals surface area (Å²) in [5.41, 5.74) is 1.52. The van der Waals surface area contributed by atoms with Crippen molar-refractivity contribution in [3.8, 4) is 6.07 Å². The number of nitriles is 1. The standard InChI is InChI=1S/C20H23N3O3S/c1-2-14-5-3-4-6-16(14)23-18(27)15(13-21)17(24)22-19(23)7-9-20(10-8-19)25-11-12-26-20/h3-6,27H,2,7-12H2,1H3,(H,22,24). The molecule has 0 unspecified atom stereocenters. The van der Waals surface area contributed by atoms with Gasteiger partial charge in [-0.1, -0.05) is 25.1 Å². The lowest BCUT2D eigenvalue weighted by molar-refractivity contribution is -0.186. The van der Waals surface area contributed by atoms with E-state index in [9.17, 15) is 10.1 Å². The molecule has 4 rings (SSSR count). The van der Waals surface area contributed by atoms with Crippen LogP contribution in [0.2, 0.25) is 0 Å². The molecule has 1 aliphatic carbocycles. The molecule has 142 valence electrons. The minimum absolute atomic E-state index is 0.0449. The Labute approximate surface area is 164 Å². The maximum Gasteiger partial charge on any atom is 0.266 e. The van der Waals surface area contributed by atoms with E-state index in [0.717, 1.165) is 17.7 Å². The molecule has 0 atom stereocenters. The zero-order valence-corrected chi connectivity index (χ0v) is 16.2. The molecule has 3 aliphatic rings. The number of ether oxygens (including phenoxy) is 2. The van der Waals surface area contributed by atoms with Crippen molar-refractivity contribution in [2.45, 2.75) is 50.5 Å². The average Bonchev–Trinajstić information content (AvgIpc) is 3.13. The fraction of sp³-hybridized carbons (Fsp3) is 0.500. The van der Waals surface area contributed by atoms with Crippen LogP contribution in [0.4, 0.5) is 5.69 Å². The Bertz CT molecular complexity index is 829. The molecular formula is C20H23N3O3S. The van der Waals surface area contributed by atoms with Crippen molar-refractivity contribution in [3.63, 3.8) is 0 Å². The SMILES string of the molecule is CCc1ccccc1N1C(S)=C(C#N)C(=O)NC12CCC1(CC2)OCCO1. The van der Waals surface area contributed by atoms with Crippen molar-refractivity contribution < 1.29 is 14.3 Å². The first kappa shape index (κ1) is 18.4. The summed E-state index contributed by atoms with van der Waals surface area (Å²) in [5.74, 6) is -0.904. The minimum Gasteiger partial charge on any atom is -0.348 e. The van der Waals surface area contributed by atoms with E-state index in [1.807, 2.05) is 29.2 Å². The minimum atomic E-state index is -0.639. The number of carbonyl (C=O) groups excluding carboxylic acids is 1. The number of benzene rings is 1. The predicted octanol–water partition coefficient (Wildman–Crippen LogP) is 2.86. The topological polar surface area (TPSA) is 74.6 Å². The summed E-state index contributed by atoms with van der Waals surface area (Å²) in [6.45, 7) is 3.31. The summed E-state index contributed by atoms with van der Waals surface area (Å²) in [7, 11) is 0. The Kier molecular flexibility index (Phi) is 4.66. The first-order valence-electron chi connectivity index (χ1n) is 9.36. The molecule has 0 aromatic heterocycles. The quantitative estimate of drug-likeness (QED) is 0.766. The van der Waals surface area contributed by atoms with E-state index in [-0.39, 0.29) is 11.5 Å². The van der Waals surface area contributed by atoms with Crippen LogP contribution in [0, 0.1) is 11.3 Å². The molecule has 2 fully saturated rings. The second-order valence-electron chi connectivity index (χ2n) is 7.22. The van der Waals surface area contributed by atoms with Gasteiger partial charge in [-0.2, -0.15) is 5.26 Å². The molecule has 1 aromatic rings. The molecular weight excluding hydrogens is 362 g/mol. The van der Waals surface area contributed by atoms with Crippen LogP contribution in [0.15, 0.2) is 34.9 Å². The highest BCUT2D eigenvalue weighted by molar-refractivity contribution is 7.84. The maximum atomic E-state index is 12.6. The fourth-order valence-corrected chi connectivity index (χ4v) is 4.85. The summed E-state index contributed by atoms with van der Waals surface area (Å²) < 4.78 is 11.7. The Balaban J connectivity index is 1.79. The summed E-state index contributed by atoms with van der Waals surface area (Å²) in [6, 6.07) is 10.1. The summed E-state index contributed by atoms with van der Waals surface area (Å²) in [6.07, 6.45) is 3.51. The normalized spacial score (nSPS) is 23.6. The number of anilines is 1. The molecule has 2 heterocycles. The first-order chi connectivity index (χ1) is 13.0. The number of aryl methyl sites for hydroxylation is 1. The number of amides is 1. The lowest BCUT2D eigenvalue weighted by atomic mass is 9.81. The van der Waals surface area contributed by atoms with Crippen molar-refractivity contribution in [3.05, 3.63) is 40.4 Å². The molecule has 1 N–H and O–H groups in total.